The minimum atomic E-state index is -4.70. The van der Waals surface area contributed by atoms with E-state index in [1.54, 1.807) is 21.3 Å². The summed E-state index contributed by atoms with van der Waals surface area (Å²) in [4.78, 5) is 0. The van der Waals surface area contributed by atoms with Gasteiger partial charge in [-0.3, -0.25) is 9.22 Å². The van der Waals surface area contributed by atoms with E-state index >= 15 is 0 Å². The molecule has 0 aliphatic heterocycles. The molecule has 5 aliphatic rings. The van der Waals surface area contributed by atoms with E-state index in [0.717, 1.165) is 50.6 Å². The van der Waals surface area contributed by atoms with Crippen molar-refractivity contribution in [2.45, 2.75) is 160 Å². The third kappa shape index (κ3) is 14.8. The third-order valence-corrected chi connectivity index (χ3v) is 14.4. The average molecular weight is 848 g/mol. The van der Waals surface area contributed by atoms with Gasteiger partial charge < -0.3 is 39.4 Å². The maximum Gasteiger partial charge on any atom is 1.00 e. The van der Waals surface area contributed by atoms with Crippen molar-refractivity contribution in [3.05, 3.63) is 0 Å². The first-order valence-corrected chi connectivity index (χ1v) is 21.7. The van der Waals surface area contributed by atoms with E-state index < -0.39 is 81.1 Å². The van der Waals surface area contributed by atoms with Gasteiger partial charge in [-0.2, -0.15) is 35.0 Å². The van der Waals surface area contributed by atoms with E-state index in [1.165, 1.54) is 0 Å². The molecule has 0 radical (unpaired) electrons. The molecule has 0 aromatic carbocycles. The zero-order chi connectivity index (χ0) is 39.0. The van der Waals surface area contributed by atoms with E-state index in [9.17, 15) is 32.1 Å². The number of azo groups is 3. The fourth-order valence-electron chi connectivity index (χ4n) is 8.86. The van der Waals surface area contributed by atoms with Crippen LogP contribution < -0.4 is 67.6 Å². The number of methoxy groups -OCH3 is 3. The van der Waals surface area contributed by atoms with Gasteiger partial charge in [-0.1, -0.05) is 0 Å². The molecule has 3 N–H and O–H groups in total. The first kappa shape index (κ1) is 53.7. The van der Waals surface area contributed by atoms with Crippen molar-refractivity contribution in [2.75, 3.05) is 21.3 Å². The van der Waals surface area contributed by atoms with Crippen LogP contribution in [0.3, 0.4) is 0 Å². The van der Waals surface area contributed by atoms with Crippen molar-refractivity contribution in [1.82, 2.24) is 0 Å². The predicted molar refractivity (Wildman–Crippen MR) is 187 cm³/mol. The largest absolute Gasteiger partial charge is 1.00 e. The molecule has 26 heteroatoms. The molecular formula is C31H52Li3N7O13S3. The third-order valence-electron chi connectivity index (χ3n) is 11.8. The second-order valence-electron chi connectivity index (χ2n) is 15.0. The van der Waals surface area contributed by atoms with E-state index in [4.69, 9.17) is 34.4 Å². The maximum atomic E-state index is 11.8. The summed E-state index contributed by atoms with van der Waals surface area (Å²) in [5.74, 6) is -1.05. The second-order valence-corrected chi connectivity index (χ2v) is 18.2. The first-order chi connectivity index (χ1) is 25.8. The van der Waals surface area contributed by atoms with Crippen molar-refractivity contribution in [1.29, 1.82) is 0 Å². The Bertz CT molecular complexity index is 1430. The summed E-state index contributed by atoms with van der Waals surface area (Å²) in [6.45, 7) is 0. The zero-order valence-corrected chi connectivity index (χ0v) is 36.0. The summed E-state index contributed by atoms with van der Waals surface area (Å²) in [6.07, 6.45) is 2.97. The van der Waals surface area contributed by atoms with Crippen LogP contribution in [0.1, 0.15) is 77.0 Å². The molecule has 20 nitrogen and oxygen atoms in total. The monoisotopic (exact) mass is 847 g/mol. The van der Waals surface area contributed by atoms with Gasteiger partial charge in [0.1, 0.15) is 12.1 Å². The summed E-state index contributed by atoms with van der Waals surface area (Å²) in [6, 6.07) is -2.97. The number of aliphatic hydroxyl groups excluding tert-OH is 1. The molecule has 0 saturated heterocycles. The molecule has 0 heterocycles. The minimum absolute atomic E-state index is 0. The van der Waals surface area contributed by atoms with Crippen LogP contribution in [0.5, 0.6) is 0 Å². The standard InChI is InChI=1S/C31H55N7O13S3.3Li/c1-46-25-12-18(34-33-17-4-7-19(8-5-17)52-51-50-40)6-9-22(25)35-36-23-14-27(48-3)24(15-26(23)47-2)37-38-30-28(49-53(41)42)10-16-11-29(54(43,44)45)21(32)13-20(16)31(30)39;;;/h16-31,39-40H,4-15,32H2,1-3H3,(H,41,42)(H,43,44,45);;;/q;3*+1/p-3. The maximum absolute atomic E-state index is 11.8. The zero-order valence-electron chi connectivity index (χ0n) is 33.6. The molecule has 5 rings (SSSR count). The van der Waals surface area contributed by atoms with E-state index in [0.29, 0.717) is 19.3 Å². The van der Waals surface area contributed by atoms with Gasteiger partial charge in [-0.25, -0.2) is 12.6 Å². The van der Waals surface area contributed by atoms with E-state index in [-0.39, 0.29) is 111 Å². The summed E-state index contributed by atoms with van der Waals surface area (Å²) >= 11 is -1.90. The molecule has 310 valence electrons. The summed E-state index contributed by atoms with van der Waals surface area (Å²) in [7, 11) is 0.0736. The molecule has 15 unspecified atom stereocenters. The molecule has 5 fully saturated rings. The van der Waals surface area contributed by atoms with Crippen LogP contribution in [0.15, 0.2) is 30.7 Å². The smallest absolute Gasteiger partial charge is 0.750 e. The number of hydrogen-bond donors (Lipinski definition) is 2. The van der Waals surface area contributed by atoms with Crippen molar-refractivity contribution in [3.63, 3.8) is 0 Å². The fourth-order valence-corrected chi connectivity index (χ4v) is 10.9. The molecule has 0 spiro atoms. The van der Waals surface area contributed by atoms with Crippen LogP contribution >= 0.6 is 12.0 Å². The van der Waals surface area contributed by atoms with Gasteiger partial charge >= 0.3 is 56.6 Å². The molecule has 57 heavy (non-hydrogen) atoms. The molecule has 0 amide bonds. The number of aliphatic hydroxyl groups is 1. The molecule has 0 aromatic rings. The van der Waals surface area contributed by atoms with Crippen molar-refractivity contribution >= 4 is 33.5 Å². The Kier molecular flexibility index (Phi) is 24.2. The van der Waals surface area contributed by atoms with Crippen LogP contribution in [0, 0.1) is 11.8 Å². The van der Waals surface area contributed by atoms with Crippen molar-refractivity contribution in [3.8, 4) is 0 Å². The summed E-state index contributed by atoms with van der Waals surface area (Å²) in [5.41, 5.74) is 6.06. The number of fused-ring (bicyclic) bond motifs is 1. The van der Waals surface area contributed by atoms with Crippen LogP contribution in [-0.2, 0) is 49.2 Å². The number of ether oxygens (including phenoxy) is 3. The average Bonchev–Trinajstić information content (AvgIpc) is 3.15. The fraction of sp³-hybridized carbons (Fsp3) is 1.00. The normalized spacial score (nSPS) is 40.8. The van der Waals surface area contributed by atoms with Crippen molar-refractivity contribution < 1.29 is 116 Å². The number of rotatable bonds is 15. The number of nitrogens with two attached hydrogens (primary N) is 1. The van der Waals surface area contributed by atoms with E-state index in [1.807, 2.05) is 0 Å². The van der Waals surface area contributed by atoms with Gasteiger partial charge in [-0.15, -0.1) is 0 Å². The van der Waals surface area contributed by atoms with Crippen LogP contribution in [0.25, 0.3) is 0 Å². The Labute approximate surface area is 377 Å². The molecule has 0 aromatic heterocycles. The van der Waals surface area contributed by atoms with Gasteiger partial charge in [0, 0.05) is 57.5 Å². The Morgan fingerprint density at radius 1 is 0.719 bits per heavy atom. The Morgan fingerprint density at radius 3 is 1.82 bits per heavy atom. The Morgan fingerprint density at radius 2 is 1.26 bits per heavy atom. The van der Waals surface area contributed by atoms with Crippen LogP contribution in [-0.4, -0.2) is 131 Å². The van der Waals surface area contributed by atoms with Gasteiger partial charge in [0.2, 0.25) is 0 Å². The second kappa shape index (κ2) is 25.6. The van der Waals surface area contributed by atoms with Gasteiger partial charge in [-0.05, 0) is 76.0 Å². The van der Waals surface area contributed by atoms with E-state index in [2.05, 4.69) is 29.8 Å². The first-order valence-electron chi connectivity index (χ1n) is 18.4. The molecule has 15 atom stereocenters. The van der Waals surface area contributed by atoms with Crippen molar-refractivity contribution in [2.24, 2.45) is 48.3 Å². The summed E-state index contributed by atoms with van der Waals surface area (Å²) < 4.78 is 85.7. The SMILES string of the molecule is COC1CC(N=NC2CCC(SOO[O-])CC2)CCC1N=NC1CC(OC)C(N=NC2C(OS(=O)[O-])CC3CC(S(=O)(=O)[O-])C(N)CC3C2O)CC1OC.[Li+].[Li+].[Li+]. The minimum Gasteiger partial charge on any atom is -0.750 e. The molecular weight excluding hydrogens is 795 g/mol. The Balaban J connectivity index is 0.00000374. The predicted octanol–water partition coefficient (Wildman–Crippen LogP) is -7.39. The molecule has 5 saturated carbocycles. The Hall–Kier alpha value is 0.602. The number of nitrogens with zero attached hydrogens (tertiary/aromatic N) is 6. The molecule has 0 bridgehead atoms. The molecule has 5 aliphatic carbocycles. The number of hydrogen-bond acceptors (Lipinski definition) is 21. The van der Waals surface area contributed by atoms with Crippen LogP contribution in [0.4, 0.5) is 0 Å². The topological polar surface area (TPSA) is 296 Å². The van der Waals surface area contributed by atoms with Gasteiger partial charge in [0.15, 0.2) is 0 Å². The summed E-state index contributed by atoms with van der Waals surface area (Å²) in [5, 5.41) is 51.4. The quantitative estimate of drug-likeness (QED) is 0.0294. The van der Waals surface area contributed by atoms with Crippen LogP contribution in [0.2, 0.25) is 0 Å². The van der Waals surface area contributed by atoms with Gasteiger partial charge in [0.05, 0.1) is 81.4 Å². The van der Waals surface area contributed by atoms with Gasteiger partial charge in [0.25, 0.3) is 0 Å².